The molecular formula is C13H14F4O3S. The van der Waals surface area contributed by atoms with Crippen LogP contribution in [0.1, 0.15) is 30.6 Å². The number of hydrogen-bond donors (Lipinski definition) is 2. The van der Waals surface area contributed by atoms with Gasteiger partial charge < -0.3 is 10.2 Å². The van der Waals surface area contributed by atoms with E-state index in [0.29, 0.717) is 12.1 Å². The van der Waals surface area contributed by atoms with Gasteiger partial charge in [0.15, 0.2) is 5.12 Å². The van der Waals surface area contributed by atoms with E-state index in [1.54, 1.807) is 0 Å². The van der Waals surface area contributed by atoms with E-state index in [1.807, 2.05) is 0 Å². The Bertz CT molecular complexity index is 505. The number of halogens is 4. The third-order valence-corrected chi connectivity index (χ3v) is 3.52. The van der Waals surface area contributed by atoms with Crippen molar-refractivity contribution in [2.75, 3.05) is 5.75 Å². The Hall–Kier alpha value is -1.12. The van der Waals surface area contributed by atoms with Crippen LogP contribution < -0.4 is 0 Å². The predicted octanol–water partition coefficient (Wildman–Crippen LogP) is 2.91. The van der Waals surface area contributed by atoms with Crippen molar-refractivity contribution < 1.29 is 32.6 Å². The highest BCUT2D eigenvalue weighted by molar-refractivity contribution is 8.13. The van der Waals surface area contributed by atoms with E-state index < -0.39 is 29.8 Å². The molecule has 0 aliphatic rings. The fourth-order valence-electron chi connectivity index (χ4n) is 1.65. The number of carbonyl (C=O) groups is 1. The third-order valence-electron chi connectivity index (χ3n) is 2.67. The van der Waals surface area contributed by atoms with Crippen molar-refractivity contribution in [1.29, 1.82) is 0 Å². The van der Waals surface area contributed by atoms with Gasteiger partial charge in [-0.2, -0.15) is 13.2 Å². The molecule has 1 aromatic carbocycles. The van der Waals surface area contributed by atoms with Gasteiger partial charge in [-0.25, -0.2) is 4.39 Å². The highest BCUT2D eigenvalue weighted by atomic mass is 32.2. The molecule has 0 fully saturated rings. The van der Waals surface area contributed by atoms with Gasteiger partial charge in [-0.1, -0.05) is 11.8 Å². The molecule has 0 bridgehead atoms. The first-order valence-electron chi connectivity index (χ1n) is 5.98. The fourth-order valence-corrected chi connectivity index (χ4v) is 2.30. The van der Waals surface area contributed by atoms with Crippen LogP contribution in [0.3, 0.4) is 0 Å². The minimum absolute atomic E-state index is 0.0106. The van der Waals surface area contributed by atoms with Crippen LogP contribution in [0.5, 0.6) is 0 Å². The van der Waals surface area contributed by atoms with Gasteiger partial charge >= 0.3 is 6.18 Å². The van der Waals surface area contributed by atoms with Crippen molar-refractivity contribution in [2.24, 2.45) is 0 Å². The zero-order valence-corrected chi connectivity index (χ0v) is 11.8. The molecule has 21 heavy (non-hydrogen) atoms. The van der Waals surface area contributed by atoms with Gasteiger partial charge in [0.25, 0.3) is 0 Å². The largest absolute Gasteiger partial charge is 0.416 e. The van der Waals surface area contributed by atoms with Gasteiger partial charge in [-0.15, -0.1) is 0 Å². The summed E-state index contributed by atoms with van der Waals surface area (Å²) in [5.41, 5.74) is -1.59. The lowest BCUT2D eigenvalue weighted by Crippen LogP contribution is -2.20. The van der Waals surface area contributed by atoms with E-state index in [2.05, 4.69) is 0 Å². The Morgan fingerprint density at radius 1 is 1.29 bits per heavy atom. The lowest BCUT2D eigenvalue weighted by atomic mass is 10.00. The average Bonchev–Trinajstić information content (AvgIpc) is 2.35. The van der Waals surface area contributed by atoms with Crippen LogP contribution in [0.25, 0.3) is 0 Å². The highest BCUT2D eigenvalue weighted by Crippen LogP contribution is 2.32. The van der Waals surface area contributed by atoms with E-state index in [1.165, 1.54) is 6.92 Å². The second-order valence-electron chi connectivity index (χ2n) is 4.41. The quantitative estimate of drug-likeness (QED) is 0.817. The molecule has 0 aliphatic heterocycles. The zero-order chi connectivity index (χ0) is 16.2. The van der Waals surface area contributed by atoms with Crippen LogP contribution in [0.2, 0.25) is 0 Å². The van der Waals surface area contributed by atoms with Crippen LogP contribution in [-0.2, 0) is 11.0 Å². The molecule has 0 radical (unpaired) electrons. The van der Waals surface area contributed by atoms with Crippen molar-refractivity contribution in [2.45, 2.75) is 31.7 Å². The van der Waals surface area contributed by atoms with Crippen LogP contribution in [0.15, 0.2) is 18.2 Å². The van der Waals surface area contributed by atoms with Gasteiger partial charge in [0.05, 0.1) is 11.7 Å². The predicted molar refractivity (Wildman–Crippen MR) is 70.1 cm³/mol. The van der Waals surface area contributed by atoms with E-state index in [9.17, 15) is 32.6 Å². The van der Waals surface area contributed by atoms with Crippen LogP contribution in [0.4, 0.5) is 17.6 Å². The normalized spacial score (nSPS) is 14.8. The molecule has 0 spiro atoms. The Balaban J connectivity index is 2.84. The number of alkyl halides is 3. The van der Waals surface area contributed by atoms with Crippen molar-refractivity contribution in [3.8, 4) is 0 Å². The minimum Gasteiger partial charge on any atom is -0.390 e. The Kier molecular flexibility index (Phi) is 6.18. The maximum atomic E-state index is 13.2. The Morgan fingerprint density at radius 2 is 1.90 bits per heavy atom. The molecule has 3 nitrogen and oxygen atoms in total. The molecule has 2 atom stereocenters. The molecule has 1 aromatic rings. The fraction of sp³-hybridized carbons (Fsp3) is 0.462. The van der Waals surface area contributed by atoms with Crippen LogP contribution in [-0.4, -0.2) is 27.2 Å². The van der Waals surface area contributed by atoms with Crippen molar-refractivity contribution in [3.63, 3.8) is 0 Å². The van der Waals surface area contributed by atoms with E-state index in [-0.39, 0.29) is 22.9 Å². The Labute approximate surface area is 123 Å². The first kappa shape index (κ1) is 17.9. The second-order valence-corrected chi connectivity index (χ2v) is 5.68. The maximum Gasteiger partial charge on any atom is 0.416 e. The molecule has 2 unspecified atom stereocenters. The summed E-state index contributed by atoms with van der Waals surface area (Å²) >= 11 is 0.919. The molecular weight excluding hydrogens is 312 g/mol. The molecule has 0 saturated heterocycles. The molecule has 0 amide bonds. The molecule has 8 heteroatoms. The average molecular weight is 326 g/mol. The second kappa shape index (κ2) is 7.24. The summed E-state index contributed by atoms with van der Waals surface area (Å²) in [6, 6.07) is 1.64. The Morgan fingerprint density at radius 3 is 2.43 bits per heavy atom. The standard InChI is InChI=1S/C13H14F4O3S/c1-7(18)21-3-2-11(19)12(20)8-4-9(13(15,16)17)6-10(14)5-8/h4-6,11-12,19-20H,2-3H2,1H3. The SMILES string of the molecule is CC(=O)SCCC(O)C(O)c1cc(F)cc(C(F)(F)F)c1. The molecule has 2 N–H and O–H groups in total. The number of thioether (sulfide) groups is 1. The molecule has 0 saturated carbocycles. The summed E-state index contributed by atoms with van der Waals surface area (Å²) < 4.78 is 50.9. The summed E-state index contributed by atoms with van der Waals surface area (Å²) in [5, 5.41) is 19.3. The topological polar surface area (TPSA) is 57.5 Å². The smallest absolute Gasteiger partial charge is 0.390 e. The zero-order valence-electron chi connectivity index (χ0n) is 11.0. The molecule has 1 rings (SSSR count). The number of aliphatic hydroxyl groups excluding tert-OH is 2. The molecule has 0 aliphatic carbocycles. The maximum absolute atomic E-state index is 13.2. The number of carbonyl (C=O) groups excluding carboxylic acids is 1. The monoisotopic (exact) mass is 326 g/mol. The number of aliphatic hydroxyl groups is 2. The number of benzene rings is 1. The highest BCUT2D eigenvalue weighted by Gasteiger charge is 2.32. The van der Waals surface area contributed by atoms with Gasteiger partial charge in [0.2, 0.25) is 0 Å². The van der Waals surface area contributed by atoms with Crippen LogP contribution in [0, 0.1) is 5.82 Å². The van der Waals surface area contributed by atoms with Gasteiger partial charge in [0, 0.05) is 12.7 Å². The van der Waals surface area contributed by atoms with Gasteiger partial charge in [0.1, 0.15) is 11.9 Å². The van der Waals surface area contributed by atoms with E-state index >= 15 is 0 Å². The number of hydrogen-bond acceptors (Lipinski definition) is 4. The summed E-state index contributed by atoms with van der Waals surface area (Å²) in [6.07, 6.45) is -7.80. The summed E-state index contributed by atoms with van der Waals surface area (Å²) in [5.74, 6) is -0.946. The van der Waals surface area contributed by atoms with Crippen molar-refractivity contribution in [3.05, 3.63) is 35.1 Å². The molecule has 0 aromatic heterocycles. The van der Waals surface area contributed by atoms with Crippen LogP contribution >= 0.6 is 11.8 Å². The lowest BCUT2D eigenvalue weighted by molar-refractivity contribution is -0.138. The van der Waals surface area contributed by atoms with Gasteiger partial charge in [-0.05, 0) is 30.2 Å². The van der Waals surface area contributed by atoms with E-state index in [0.717, 1.165) is 17.8 Å². The molecule has 0 heterocycles. The van der Waals surface area contributed by atoms with E-state index in [4.69, 9.17) is 0 Å². The summed E-state index contributed by atoms with van der Waals surface area (Å²) in [4.78, 5) is 10.7. The summed E-state index contributed by atoms with van der Waals surface area (Å²) in [6.45, 7) is 1.33. The summed E-state index contributed by atoms with van der Waals surface area (Å²) in [7, 11) is 0. The third kappa shape index (κ3) is 5.64. The van der Waals surface area contributed by atoms with Gasteiger partial charge in [-0.3, -0.25) is 4.79 Å². The first-order valence-corrected chi connectivity index (χ1v) is 6.97. The number of rotatable bonds is 5. The van der Waals surface area contributed by atoms with Crippen molar-refractivity contribution >= 4 is 16.9 Å². The van der Waals surface area contributed by atoms with Crippen molar-refractivity contribution in [1.82, 2.24) is 0 Å². The lowest BCUT2D eigenvalue weighted by Gasteiger charge is -2.19. The molecule has 118 valence electrons. The minimum atomic E-state index is -4.74. The first-order chi connectivity index (χ1) is 9.61.